The highest BCUT2D eigenvalue weighted by molar-refractivity contribution is 6.20. The number of furan rings is 1. The van der Waals surface area contributed by atoms with Gasteiger partial charge in [0, 0.05) is 37.1 Å². The first-order chi connectivity index (χ1) is 22.6. The van der Waals surface area contributed by atoms with E-state index in [-0.39, 0.29) is 11.1 Å². The Balaban J connectivity index is 1.63. The maximum Gasteiger partial charge on any atom is 0.299 e. The van der Waals surface area contributed by atoms with E-state index in [0.717, 1.165) is 55.3 Å². The molecule has 228 valence electrons. The summed E-state index contributed by atoms with van der Waals surface area (Å²) in [4.78, 5) is 4.54. The Morgan fingerprint density at radius 2 is 1.56 bits per heavy atom. The summed E-state index contributed by atoms with van der Waals surface area (Å²) in [5.74, 6) is 1.64. The van der Waals surface area contributed by atoms with Crippen LogP contribution < -0.4 is 4.57 Å². The SMILES string of the molecule is [2H]C([2H])([2H])c1ccc2c(ccc3oc4c(-c5n(-c6c(C(C)C)cc(C(C)(C)C)cc6C(C)C)c6ccccc6[n+]5C)c(C)ccc4c32)n1. The molecule has 0 radical (unpaired) electrons. The van der Waals surface area contributed by atoms with Crippen LogP contribution in [0.1, 0.15) is 92.4 Å². The fourth-order valence-corrected chi connectivity index (χ4v) is 6.99. The molecule has 7 rings (SSSR count). The van der Waals surface area contributed by atoms with Crippen molar-refractivity contribution in [1.82, 2.24) is 9.55 Å². The van der Waals surface area contributed by atoms with Crippen molar-refractivity contribution in [1.29, 1.82) is 0 Å². The lowest BCUT2D eigenvalue weighted by Gasteiger charge is -2.26. The molecule has 7 aromatic rings. The number of rotatable bonds is 4. The van der Waals surface area contributed by atoms with E-state index in [2.05, 4.69) is 125 Å². The number of benzene rings is 4. The Bertz CT molecular complexity index is 2370. The van der Waals surface area contributed by atoms with Crippen LogP contribution in [0.25, 0.3) is 61.0 Å². The zero-order chi connectivity index (χ0) is 34.4. The quantitative estimate of drug-likeness (QED) is 0.189. The summed E-state index contributed by atoms with van der Waals surface area (Å²) in [6.07, 6.45) is 0. The molecule has 4 aromatic carbocycles. The lowest BCUT2D eigenvalue weighted by molar-refractivity contribution is -0.633. The van der Waals surface area contributed by atoms with Crippen LogP contribution in [0.5, 0.6) is 0 Å². The minimum Gasteiger partial charge on any atom is -0.455 e. The van der Waals surface area contributed by atoms with Gasteiger partial charge in [0.05, 0.1) is 12.6 Å². The molecule has 0 aliphatic carbocycles. The molecule has 0 amide bonds. The van der Waals surface area contributed by atoms with Crippen LogP contribution in [0, 0.1) is 13.8 Å². The van der Waals surface area contributed by atoms with Gasteiger partial charge in [-0.25, -0.2) is 4.57 Å². The van der Waals surface area contributed by atoms with E-state index >= 15 is 0 Å². The Labute approximate surface area is 270 Å². The highest BCUT2D eigenvalue weighted by Gasteiger charge is 2.34. The molecule has 3 heterocycles. The molecule has 0 unspecified atom stereocenters. The van der Waals surface area contributed by atoms with Crippen LogP contribution in [0.2, 0.25) is 0 Å². The molecule has 0 saturated carbocycles. The smallest absolute Gasteiger partial charge is 0.299 e. The van der Waals surface area contributed by atoms with Gasteiger partial charge in [0.15, 0.2) is 16.6 Å². The molecule has 0 atom stereocenters. The third kappa shape index (κ3) is 4.48. The summed E-state index contributed by atoms with van der Waals surface area (Å²) in [7, 11) is 2.15. The van der Waals surface area contributed by atoms with E-state index in [1.54, 1.807) is 6.07 Å². The van der Waals surface area contributed by atoms with Crippen molar-refractivity contribution in [3.63, 3.8) is 0 Å². The topological polar surface area (TPSA) is 34.8 Å². The van der Waals surface area contributed by atoms with Crippen molar-refractivity contribution >= 4 is 43.9 Å². The summed E-state index contributed by atoms with van der Waals surface area (Å²) in [5, 5.41) is 2.80. The van der Waals surface area contributed by atoms with Crippen LogP contribution in [-0.4, -0.2) is 9.55 Å². The highest BCUT2D eigenvalue weighted by atomic mass is 16.3. The van der Waals surface area contributed by atoms with Crippen LogP contribution >= 0.6 is 0 Å². The average molecular weight is 598 g/mol. The molecule has 0 saturated heterocycles. The minimum absolute atomic E-state index is 0.0103. The number of para-hydroxylation sites is 2. The van der Waals surface area contributed by atoms with Gasteiger partial charge in [-0.15, -0.1) is 0 Å². The molecule has 3 aromatic heterocycles. The van der Waals surface area contributed by atoms with Crippen molar-refractivity contribution in [2.75, 3.05) is 0 Å². The minimum atomic E-state index is -2.27. The van der Waals surface area contributed by atoms with E-state index in [0.29, 0.717) is 17.4 Å². The van der Waals surface area contributed by atoms with Crippen LogP contribution in [0.15, 0.2) is 77.2 Å². The number of nitrogens with zero attached hydrogens (tertiary/aromatic N) is 3. The summed E-state index contributed by atoms with van der Waals surface area (Å²) in [6.45, 7) is 15.9. The monoisotopic (exact) mass is 597 g/mol. The summed E-state index contributed by atoms with van der Waals surface area (Å²) in [6, 6.07) is 25.1. The standard InChI is InChI=1S/C41H44N3O/c1-23(2)30-21-27(41(7,8)9)22-31(24(3)4)38(30)44-34-14-12-11-13-33(34)43(10)40(44)36-25(5)15-17-29-37-28-18-16-26(6)42-32(28)19-20-35(37)45-39(29)36/h11-24H,1-10H3/q+1/i6D3. The largest absolute Gasteiger partial charge is 0.455 e. The predicted molar refractivity (Wildman–Crippen MR) is 189 cm³/mol. The van der Waals surface area contributed by atoms with Crippen molar-refractivity contribution < 1.29 is 13.1 Å². The average Bonchev–Trinajstić information content (AvgIpc) is 3.54. The maximum absolute atomic E-state index is 7.89. The second kappa shape index (κ2) is 10.3. The number of hydrogen-bond donors (Lipinski definition) is 0. The number of aromatic nitrogens is 3. The van der Waals surface area contributed by atoms with Crippen molar-refractivity contribution in [2.45, 2.75) is 79.5 Å². The van der Waals surface area contributed by atoms with E-state index < -0.39 is 6.85 Å². The molecular formula is C41H44N3O+. The second-order valence-electron chi connectivity index (χ2n) is 14.2. The third-order valence-electron chi connectivity index (χ3n) is 9.42. The third-order valence-corrected chi connectivity index (χ3v) is 9.42. The van der Waals surface area contributed by atoms with Crippen LogP contribution in [-0.2, 0) is 12.5 Å². The van der Waals surface area contributed by atoms with Crippen LogP contribution in [0.4, 0.5) is 0 Å². The molecule has 0 bridgehead atoms. The first-order valence-electron chi connectivity index (χ1n) is 17.5. The normalized spacial score (nSPS) is 13.9. The van der Waals surface area contributed by atoms with Crippen molar-refractivity contribution in [3.8, 4) is 17.1 Å². The van der Waals surface area contributed by atoms with Gasteiger partial charge >= 0.3 is 0 Å². The Hall–Kier alpha value is -4.44. The second-order valence-corrected chi connectivity index (χ2v) is 14.2. The van der Waals surface area contributed by atoms with Gasteiger partial charge in [0.25, 0.3) is 5.82 Å². The van der Waals surface area contributed by atoms with E-state index in [9.17, 15) is 0 Å². The fraction of sp³-hybridized carbons (Fsp3) is 0.317. The van der Waals surface area contributed by atoms with Crippen LogP contribution in [0.3, 0.4) is 0 Å². The van der Waals surface area contributed by atoms with Gasteiger partial charge in [-0.05, 0) is 72.5 Å². The summed E-state index contributed by atoms with van der Waals surface area (Å²) >= 11 is 0. The zero-order valence-corrected chi connectivity index (χ0v) is 27.8. The van der Waals surface area contributed by atoms with Gasteiger partial charge in [-0.1, -0.05) is 90.9 Å². The summed E-state index contributed by atoms with van der Waals surface area (Å²) in [5.41, 5.74) is 11.9. The van der Waals surface area contributed by atoms with Crippen molar-refractivity contribution in [3.05, 3.63) is 101 Å². The summed E-state index contributed by atoms with van der Waals surface area (Å²) < 4.78 is 35.3. The molecule has 0 N–H and O–H groups in total. The molecule has 4 nitrogen and oxygen atoms in total. The highest BCUT2D eigenvalue weighted by Crippen LogP contribution is 2.44. The molecule has 0 spiro atoms. The lowest BCUT2D eigenvalue weighted by Crippen LogP contribution is -2.30. The Morgan fingerprint density at radius 1 is 0.867 bits per heavy atom. The molecular weight excluding hydrogens is 550 g/mol. The predicted octanol–water partition coefficient (Wildman–Crippen LogP) is 10.7. The Kier molecular flexibility index (Phi) is 5.92. The molecule has 0 aliphatic rings. The van der Waals surface area contributed by atoms with Crippen molar-refractivity contribution in [2.24, 2.45) is 7.05 Å². The number of fused-ring (bicyclic) bond motifs is 6. The van der Waals surface area contributed by atoms with Gasteiger partial charge in [-0.2, -0.15) is 4.57 Å². The van der Waals surface area contributed by atoms with Gasteiger partial charge in [0.1, 0.15) is 16.8 Å². The molecule has 0 fully saturated rings. The van der Waals surface area contributed by atoms with E-state index in [1.807, 2.05) is 18.2 Å². The zero-order valence-electron chi connectivity index (χ0n) is 30.8. The lowest BCUT2D eigenvalue weighted by atomic mass is 9.81. The van der Waals surface area contributed by atoms with Gasteiger partial charge in [-0.3, -0.25) is 4.98 Å². The Morgan fingerprint density at radius 3 is 2.22 bits per heavy atom. The van der Waals surface area contributed by atoms with E-state index in [4.69, 9.17) is 8.53 Å². The molecule has 4 heteroatoms. The molecule has 45 heavy (non-hydrogen) atoms. The first kappa shape index (κ1) is 25.8. The first-order valence-corrected chi connectivity index (χ1v) is 16.0. The fourth-order valence-electron chi connectivity index (χ4n) is 6.99. The molecule has 0 aliphatic heterocycles. The number of hydrogen-bond acceptors (Lipinski definition) is 2. The van der Waals surface area contributed by atoms with E-state index in [1.165, 1.54) is 22.4 Å². The maximum atomic E-state index is 7.89. The number of aryl methyl sites for hydroxylation is 3. The van der Waals surface area contributed by atoms with Gasteiger partial charge < -0.3 is 4.42 Å². The number of imidazole rings is 1. The number of pyridine rings is 1. The van der Waals surface area contributed by atoms with Gasteiger partial charge in [0.2, 0.25) is 0 Å².